The van der Waals surface area contributed by atoms with Gasteiger partial charge in [0, 0.05) is 16.6 Å². The number of carbonyl (C=O) groups excluding carboxylic acids is 1. The van der Waals surface area contributed by atoms with Crippen LogP contribution in [0.3, 0.4) is 0 Å². The Kier molecular flexibility index (Phi) is 2.71. The summed E-state index contributed by atoms with van der Waals surface area (Å²) in [7, 11) is 0. The molecule has 2 heterocycles. The quantitative estimate of drug-likeness (QED) is 0.537. The Morgan fingerprint density at radius 3 is 2.80 bits per heavy atom. The molecule has 0 bridgehead atoms. The molecule has 0 radical (unpaired) electrons. The average molecular weight is 269 g/mol. The number of nitrogen functional groups attached to an aromatic ring is 1. The first-order valence-electron chi connectivity index (χ1n) is 6.26. The van der Waals surface area contributed by atoms with E-state index < -0.39 is 0 Å². The van der Waals surface area contributed by atoms with Gasteiger partial charge in [-0.05, 0) is 26.0 Å². The van der Waals surface area contributed by atoms with Crippen molar-refractivity contribution in [2.45, 2.75) is 13.8 Å². The van der Waals surface area contributed by atoms with Crippen molar-refractivity contribution in [2.24, 2.45) is 0 Å². The number of nitrogens with zero attached hydrogens (tertiary/aromatic N) is 1. The summed E-state index contributed by atoms with van der Waals surface area (Å²) in [6.07, 6.45) is 0. The number of H-pyrrole nitrogens is 2. The first-order chi connectivity index (χ1) is 9.56. The number of hydrogen-bond donors (Lipinski definition) is 4. The summed E-state index contributed by atoms with van der Waals surface area (Å²) in [5, 5.41) is 10.6. The van der Waals surface area contributed by atoms with Crippen LogP contribution in [0, 0.1) is 13.8 Å². The maximum Gasteiger partial charge on any atom is 0.273 e. The number of hydrogen-bond acceptors (Lipinski definition) is 3. The van der Waals surface area contributed by atoms with Crippen LogP contribution in [-0.2, 0) is 0 Å². The summed E-state index contributed by atoms with van der Waals surface area (Å²) in [6.45, 7) is 3.80. The molecule has 0 unspecified atom stereocenters. The summed E-state index contributed by atoms with van der Waals surface area (Å²) in [5.74, 6) is 0.300. The number of benzene rings is 1. The van der Waals surface area contributed by atoms with Crippen LogP contribution in [0.4, 0.5) is 11.5 Å². The fraction of sp³-hybridized carbons (Fsp3) is 0.143. The van der Waals surface area contributed by atoms with Crippen molar-refractivity contribution in [1.29, 1.82) is 0 Å². The van der Waals surface area contributed by atoms with Crippen molar-refractivity contribution >= 4 is 28.3 Å². The molecule has 6 heteroatoms. The molecule has 0 atom stereocenters. The fourth-order valence-corrected chi connectivity index (χ4v) is 2.08. The molecule has 2 aromatic heterocycles. The van der Waals surface area contributed by atoms with Crippen LogP contribution in [0.25, 0.3) is 10.9 Å². The van der Waals surface area contributed by atoms with Crippen LogP contribution in [0.15, 0.2) is 24.3 Å². The second kappa shape index (κ2) is 4.41. The molecule has 0 aliphatic carbocycles. The molecule has 0 fully saturated rings. The minimum absolute atomic E-state index is 0.241. The molecule has 3 rings (SSSR count). The van der Waals surface area contributed by atoms with Crippen molar-refractivity contribution in [2.75, 3.05) is 11.1 Å². The van der Waals surface area contributed by atoms with Crippen molar-refractivity contribution in [3.05, 3.63) is 41.2 Å². The third-order valence-electron chi connectivity index (χ3n) is 3.42. The molecule has 1 amide bonds. The monoisotopic (exact) mass is 269 g/mol. The van der Waals surface area contributed by atoms with Crippen molar-refractivity contribution < 1.29 is 4.79 Å². The zero-order valence-corrected chi connectivity index (χ0v) is 11.2. The van der Waals surface area contributed by atoms with E-state index in [1.807, 2.05) is 26.0 Å². The van der Waals surface area contributed by atoms with Gasteiger partial charge in [-0.1, -0.05) is 12.1 Å². The second-order valence-corrected chi connectivity index (χ2v) is 4.77. The van der Waals surface area contributed by atoms with Gasteiger partial charge in [-0.15, -0.1) is 0 Å². The Morgan fingerprint density at radius 2 is 2.15 bits per heavy atom. The maximum atomic E-state index is 12.2. The van der Waals surface area contributed by atoms with E-state index in [0.717, 1.165) is 22.2 Å². The van der Waals surface area contributed by atoms with Gasteiger partial charge in [0.05, 0.1) is 11.2 Å². The van der Waals surface area contributed by atoms with E-state index in [9.17, 15) is 4.79 Å². The predicted octanol–water partition coefficient (Wildman–Crippen LogP) is 2.34. The van der Waals surface area contributed by atoms with E-state index in [1.165, 1.54) is 0 Å². The number of amides is 1. The number of nitrogens with one attached hydrogen (secondary N) is 3. The molecule has 0 aliphatic heterocycles. The Bertz CT molecular complexity index is 799. The first kappa shape index (κ1) is 12.3. The molecule has 20 heavy (non-hydrogen) atoms. The van der Waals surface area contributed by atoms with Crippen LogP contribution in [0.2, 0.25) is 0 Å². The minimum atomic E-state index is -0.241. The van der Waals surface area contributed by atoms with Crippen LogP contribution in [0.5, 0.6) is 0 Å². The molecule has 0 saturated carbocycles. The summed E-state index contributed by atoms with van der Waals surface area (Å²) in [5.41, 5.74) is 9.57. The Hall–Kier alpha value is -2.76. The first-order valence-corrected chi connectivity index (χ1v) is 6.26. The van der Waals surface area contributed by atoms with Gasteiger partial charge >= 0.3 is 0 Å². The smallest absolute Gasteiger partial charge is 0.273 e. The lowest BCUT2D eigenvalue weighted by Gasteiger charge is -2.00. The van der Waals surface area contributed by atoms with Gasteiger partial charge in [-0.25, -0.2) is 0 Å². The second-order valence-electron chi connectivity index (χ2n) is 4.77. The van der Waals surface area contributed by atoms with E-state index >= 15 is 0 Å². The largest absolute Gasteiger partial charge is 0.397 e. The number of aromatic nitrogens is 3. The van der Waals surface area contributed by atoms with Crippen LogP contribution < -0.4 is 11.1 Å². The van der Waals surface area contributed by atoms with E-state index in [2.05, 4.69) is 20.5 Å². The highest BCUT2D eigenvalue weighted by molar-refractivity contribution is 6.07. The number of aromatic amines is 2. The van der Waals surface area contributed by atoms with Crippen molar-refractivity contribution in [3.63, 3.8) is 0 Å². The number of nitrogens with two attached hydrogens (primary N) is 1. The van der Waals surface area contributed by atoms with E-state index in [4.69, 9.17) is 5.73 Å². The van der Waals surface area contributed by atoms with Gasteiger partial charge < -0.3 is 16.0 Å². The number of rotatable bonds is 2. The molecule has 0 spiro atoms. The van der Waals surface area contributed by atoms with Crippen molar-refractivity contribution in [1.82, 2.24) is 15.2 Å². The van der Waals surface area contributed by atoms with E-state index in [1.54, 1.807) is 12.1 Å². The van der Waals surface area contributed by atoms with Crippen LogP contribution in [-0.4, -0.2) is 21.1 Å². The van der Waals surface area contributed by atoms with Gasteiger partial charge in [-0.3, -0.25) is 9.89 Å². The number of anilines is 2. The zero-order valence-electron chi connectivity index (χ0n) is 11.2. The van der Waals surface area contributed by atoms with Crippen molar-refractivity contribution in [3.8, 4) is 0 Å². The van der Waals surface area contributed by atoms with Crippen LogP contribution in [0.1, 0.15) is 21.7 Å². The van der Waals surface area contributed by atoms with E-state index in [-0.39, 0.29) is 5.91 Å². The highest BCUT2D eigenvalue weighted by Gasteiger charge is 2.14. The van der Waals surface area contributed by atoms with Crippen LogP contribution >= 0.6 is 0 Å². The lowest BCUT2D eigenvalue weighted by atomic mass is 10.2. The topological polar surface area (TPSA) is 99.6 Å². The molecule has 1 aromatic carbocycles. The molecule has 102 valence electrons. The summed E-state index contributed by atoms with van der Waals surface area (Å²) in [4.78, 5) is 15.3. The zero-order chi connectivity index (χ0) is 14.3. The molecule has 6 nitrogen and oxygen atoms in total. The number of fused-ring (bicyclic) bond motifs is 1. The highest BCUT2D eigenvalue weighted by atomic mass is 16.2. The van der Waals surface area contributed by atoms with E-state index in [0.29, 0.717) is 17.2 Å². The van der Waals surface area contributed by atoms with Gasteiger partial charge in [0.15, 0.2) is 5.82 Å². The summed E-state index contributed by atoms with van der Waals surface area (Å²) >= 11 is 0. The minimum Gasteiger partial charge on any atom is -0.397 e. The predicted molar refractivity (Wildman–Crippen MR) is 78.7 cm³/mol. The normalized spacial score (nSPS) is 10.9. The van der Waals surface area contributed by atoms with Gasteiger partial charge in [0.1, 0.15) is 5.69 Å². The molecular weight excluding hydrogens is 254 g/mol. The third-order valence-corrected chi connectivity index (χ3v) is 3.42. The fourth-order valence-electron chi connectivity index (χ4n) is 2.08. The SMILES string of the molecule is Cc1[nH]nc(NC(=O)c2cc3cccc(N)c3[nH]2)c1C. The Labute approximate surface area is 115 Å². The molecular formula is C14H15N5O. The average Bonchev–Trinajstić information content (AvgIpc) is 2.99. The lowest BCUT2D eigenvalue weighted by molar-refractivity contribution is 0.102. The summed E-state index contributed by atoms with van der Waals surface area (Å²) in [6, 6.07) is 7.33. The molecule has 0 saturated heterocycles. The lowest BCUT2D eigenvalue weighted by Crippen LogP contribution is -2.13. The molecule has 5 N–H and O–H groups in total. The van der Waals surface area contributed by atoms with Gasteiger partial charge in [-0.2, -0.15) is 5.10 Å². The number of aryl methyl sites for hydroxylation is 1. The number of carbonyl (C=O) groups is 1. The molecule has 3 aromatic rings. The summed E-state index contributed by atoms with van der Waals surface area (Å²) < 4.78 is 0. The maximum absolute atomic E-state index is 12.2. The Morgan fingerprint density at radius 1 is 1.35 bits per heavy atom. The third kappa shape index (κ3) is 1.91. The highest BCUT2D eigenvalue weighted by Crippen LogP contribution is 2.22. The number of para-hydroxylation sites is 1. The Balaban J connectivity index is 1.93. The van der Waals surface area contributed by atoms with Gasteiger partial charge in [0.25, 0.3) is 5.91 Å². The van der Waals surface area contributed by atoms with Gasteiger partial charge in [0.2, 0.25) is 0 Å². The molecule has 0 aliphatic rings. The standard InChI is InChI=1S/C14H15N5O/c1-7-8(2)18-19-13(7)17-14(20)11-6-9-4-3-5-10(15)12(9)16-11/h3-6,16H,15H2,1-2H3,(H2,17,18,19,20).